The zero-order valence-electron chi connectivity index (χ0n) is 21.1. The van der Waals surface area contributed by atoms with E-state index in [1.807, 2.05) is 0 Å². The van der Waals surface area contributed by atoms with E-state index < -0.39 is 41.4 Å². The summed E-state index contributed by atoms with van der Waals surface area (Å²) in [6.45, 7) is 1.92. The Balaban J connectivity index is 1.55. The maximum atomic E-state index is 13.8. The number of amides is 2. The molecule has 3 aromatic rings. The van der Waals surface area contributed by atoms with Gasteiger partial charge in [-0.1, -0.05) is 11.3 Å². The monoisotopic (exact) mass is 557 g/mol. The van der Waals surface area contributed by atoms with Gasteiger partial charge in [0.2, 0.25) is 0 Å². The fourth-order valence-electron chi connectivity index (χ4n) is 4.91. The van der Waals surface area contributed by atoms with Gasteiger partial charge in [0.25, 0.3) is 0 Å². The Morgan fingerprint density at radius 1 is 1.05 bits per heavy atom. The highest BCUT2D eigenvalue weighted by atomic mass is 19.4. The molecule has 0 bridgehead atoms. The molecular formula is C26H26F7N5O. The highest BCUT2D eigenvalue weighted by molar-refractivity contribution is 5.75. The van der Waals surface area contributed by atoms with Gasteiger partial charge in [-0.15, -0.1) is 5.10 Å². The van der Waals surface area contributed by atoms with E-state index in [1.165, 1.54) is 24.1 Å². The number of nitrogens with zero attached hydrogens (tertiary/aromatic N) is 5. The first kappa shape index (κ1) is 28.4. The lowest BCUT2D eigenvalue weighted by atomic mass is 9.89. The van der Waals surface area contributed by atoms with E-state index in [2.05, 4.69) is 10.3 Å². The molecule has 1 fully saturated rings. The van der Waals surface area contributed by atoms with Gasteiger partial charge in [-0.05, 0) is 73.2 Å². The molecule has 2 amide bonds. The van der Waals surface area contributed by atoms with Gasteiger partial charge in [0.15, 0.2) is 0 Å². The van der Waals surface area contributed by atoms with Crippen LogP contribution in [0.15, 0.2) is 48.8 Å². The van der Waals surface area contributed by atoms with Crippen molar-refractivity contribution in [3.63, 3.8) is 0 Å². The number of hydrogen-bond acceptors (Lipinski definition) is 3. The van der Waals surface area contributed by atoms with Crippen LogP contribution in [0.2, 0.25) is 0 Å². The second kappa shape index (κ2) is 10.9. The lowest BCUT2D eigenvalue weighted by Crippen LogP contribution is -2.47. The number of piperidine rings is 1. The number of hydrogen-bond donors (Lipinski definition) is 0. The van der Waals surface area contributed by atoms with Gasteiger partial charge in [0.1, 0.15) is 5.82 Å². The quantitative estimate of drug-likeness (QED) is 0.340. The number of benzene rings is 2. The van der Waals surface area contributed by atoms with Gasteiger partial charge < -0.3 is 9.80 Å². The van der Waals surface area contributed by atoms with E-state index in [4.69, 9.17) is 0 Å². The second-order valence-electron chi connectivity index (χ2n) is 9.64. The van der Waals surface area contributed by atoms with Crippen molar-refractivity contribution in [1.29, 1.82) is 0 Å². The molecule has 2 heterocycles. The molecule has 39 heavy (non-hydrogen) atoms. The van der Waals surface area contributed by atoms with E-state index in [-0.39, 0.29) is 30.6 Å². The van der Waals surface area contributed by atoms with Crippen molar-refractivity contribution in [1.82, 2.24) is 24.8 Å². The Morgan fingerprint density at radius 3 is 2.28 bits per heavy atom. The molecule has 1 aliphatic heterocycles. The summed E-state index contributed by atoms with van der Waals surface area (Å²) in [6.07, 6.45) is -5.86. The molecule has 2 aromatic carbocycles. The van der Waals surface area contributed by atoms with Crippen molar-refractivity contribution in [2.45, 2.75) is 50.6 Å². The molecule has 2 atom stereocenters. The minimum Gasteiger partial charge on any atom is -0.327 e. The van der Waals surface area contributed by atoms with Crippen LogP contribution in [0.25, 0.3) is 0 Å². The molecule has 1 aliphatic rings. The summed E-state index contributed by atoms with van der Waals surface area (Å²) in [5, 5.41) is 7.89. The molecule has 0 unspecified atom stereocenters. The largest absolute Gasteiger partial charge is 0.416 e. The molecule has 4 rings (SSSR count). The first-order valence-corrected chi connectivity index (χ1v) is 12.2. The van der Waals surface area contributed by atoms with Crippen LogP contribution in [0.3, 0.4) is 0 Å². The molecule has 0 aliphatic carbocycles. The van der Waals surface area contributed by atoms with E-state index >= 15 is 0 Å². The number of likely N-dealkylation sites (tertiary alicyclic amines) is 1. The topological polar surface area (TPSA) is 54.3 Å². The van der Waals surface area contributed by atoms with Gasteiger partial charge in [-0.2, -0.15) is 26.3 Å². The third-order valence-corrected chi connectivity index (χ3v) is 6.94. The molecule has 210 valence electrons. The average Bonchev–Trinajstić information content (AvgIpc) is 3.40. The Labute approximate surface area is 220 Å². The summed E-state index contributed by atoms with van der Waals surface area (Å²) >= 11 is 0. The van der Waals surface area contributed by atoms with Crippen LogP contribution < -0.4 is 0 Å². The van der Waals surface area contributed by atoms with Gasteiger partial charge in [-0.25, -0.2) is 13.9 Å². The molecule has 0 radical (unpaired) electrons. The zero-order valence-corrected chi connectivity index (χ0v) is 21.1. The molecule has 13 heteroatoms. The first-order valence-electron chi connectivity index (χ1n) is 12.2. The SMILES string of the molecule is Cc1cc(F)ccc1[C@H]1C[C@@H](n2ccnn2)CCN1C(=O)N(C)CCc1cc(C(F)(F)F)cc(C(F)(F)F)c1. The van der Waals surface area contributed by atoms with Gasteiger partial charge in [0.05, 0.1) is 29.4 Å². The standard InChI is InChI=1S/C26H26F7N5O/c1-16-11-20(27)3-4-22(16)23-15-21(38-10-7-34-35-38)6-9-37(23)24(39)36(2)8-5-17-12-18(25(28,29)30)14-19(13-17)26(31,32)33/h3-4,7,10-14,21,23H,5-6,8-9,15H2,1-2H3/t21-,23+/m0/s1. The summed E-state index contributed by atoms with van der Waals surface area (Å²) in [5.74, 6) is -0.422. The minimum absolute atomic E-state index is 0.0767. The summed E-state index contributed by atoms with van der Waals surface area (Å²) in [6, 6.07) is 4.71. The predicted molar refractivity (Wildman–Crippen MR) is 127 cm³/mol. The molecule has 0 N–H and O–H groups in total. The number of rotatable bonds is 5. The van der Waals surface area contributed by atoms with Crippen molar-refractivity contribution in [2.75, 3.05) is 20.1 Å². The molecule has 6 nitrogen and oxygen atoms in total. The lowest BCUT2D eigenvalue weighted by Gasteiger charge is -2.41. The summed E-state index contributed by atoms with van der Waals surface area (Å²) in [7, 11) is 1.44. The summed E-state index contributed by atoms with van der Waals surface area (Å²) < 4.78 is 94.9. The zero-order chi connectivity index (χ0) is 28.5. The highest BCUT2D eigenvalue weighted by Gasteiger charge is 2.38. The number of carbonyl (C=O) groups excluding carboxylic acids is 1. The fourth-order valence-corrected chi connectivity index (χ4v) is 4.91. The number of urea groups is 1. The van der Waals surface area contributed by atoms with Crippen LogP contribution >= 0.6 is 0 Å². The van der Waals surface area contributed by atoms with Crippen LogP contribution in [-0.4, -0.2) is 51.0 Å². The van der Waals surface area contributed by atoms with Crippen LogP contribution in [-0.2, 0) is 18.8 Å². The van der Waals surface area contributed by atoms with Gasteiger partial charge in [0, 0.05) is 26.3 Å². The minimum atomic E-state index is -4.95. The predicted octanol–water partition coefficient (Wildman–Crippen LogP) is 6.44. The molecule has 0 spiro atoms. The Kier molecular flexibility index (Phi) is 7.89. The average molecular weight is 558 g/mol. The van der Waals surface area contributed by atoms with Gasteiger partial charge in [-0.3, -0.25) is 0 Å². The molecular weight excluding hydrogens is 531 g/mol. The maximum absolute atomic E-state index is 13.8. The van der Waals surface area contributed by atoms with E-state index in [0.29, 0.717) is 37.1 Å². The Hall–Kier alpha value is -3.64. The summed E-state index contributed by atoms with van der Waals surface area (Å²) in [4.78, 5) is 16.4. The van der Waals surface area contributed by atoms with Crippen LogP contribution in [0.1, 0.15) is 52.7 Å². The third-order valence-electron chi connectivity index (χ3n) is 6.94. The highest BCUT2D eigenvalue weighted by Crippen LogP contribution is 2.39. The molecule has 1 saturated heterocycles. The van der Waals surface area contributed by atoms with Crippen LogP contribution in [0.5, 0.6) is 0 Å². The normalized spacial score (nSPS) is 18.3. The van der Waals surface area contributed by atoms with Crippen LogP contribution in [0, 0.1) is 12.7 Å². The maximum Gasteiger partial charge on any atom is 0.416 e. The van der Waals surface area contributed by atoms with Crippen LogP contribution in [0.4, 0.5) is 35.5 Å². The number of halogens is 7. The fraction of sp³-hybridized carbons (Fsp3) is 0.423. The van der Waals surface area contributed by atoms with E-state index in [9.17, 15) is 35.5 Å². The van der Waals surface area contributed by atoms with Crippen molar-refractivity contribution < 1.29 is 35.5 Å². The number of carbonyl (C=O) groups is 1. The smallest absolute Gasteiger partial charge is 0.327 e. The second-order valence-corrected chi connectivity index (χ2v) is 9.64. The van der Waals surface area contributed by atoms with Crippen molar-refractivity contribution in [2.24, 2.45) is 0 Å². The number of likely N-dealkylation sites (N-methyl/N-ethyl adjacent to an activating group) is 1. The van der Waals surface area contributed by atoms with Crippen molar-refractivity contribution in [3.05, 3.63) is 82.4 Å². The number of aryl methyl sites for hydroxylation is 1. The Morgan fingerprint density at radius 2 is 1.72 bits per heavy atom. The van der Waals surface area contributed by atoms with E-state index in [1.54, 1.807) is 35.0 Å². The lowest BCUT2D eigenvalue weighted by molar-refractivity contribution is -0.143. The van der Waals surface area contributed by atoms with E-state index in [0.717, 1.165) is 5.56 Å². The van der Waals surface area contributed by atoms with Crippen molar-refractivity contribution in [3.8, 4) is 0 Å². The number of aromatic nitrogens is 3. The van der Waals surface area contributed by atoms with Crippen molar-refractivity contribution >= 4 is 6.03 Å². The number of alkyl halides is 6. The molecule has 1 aromatic heterocycles. The summed E-state index contributed by atoms with van der Waals surface area (Å²) in [5.41, 5.74) is -1.61. The first-order chi connectivity index (χ1) is 18.2. The van der Waals surface area contributed by atoms with Gasteiger partial charge >= 0.3 is 18.4 Å². The Bertz CT molecular complexity index is 1270. The molecule has 0 saturated carbocycles. The third kappa shape index (κ3) is 6.51.